The normalized spacial score (nSPS) is 10.8. The van der Waals surface area contributed by atoms with E-state index in [2.05, 4.69) is 5.43 Å². The Morgan fingerprint density at radius 3 is 2.84 bits per heavy atom. The molecule has 6 nitrogen and oxygen atoms in total. The molecule has 0 atom stereocenters. The van der Waals surface area contributed by atoms with Gasteiger partial charge in [-0.3, -0.25) is 14.8 Å². The number of carbonyl (C=O) groups is 1. The van der Waals surface area contributed by atoms with Gasteiger partial charge in [-0.2, -0.15) is 0 Å². The van der Waals surface area contributed by atoms with Crippen molar-refractivity contribution in [2.75, 3.05) is 0 Å². The number of amides is 1. The fraction of sp³-hybridized carbons (Fsp3) is 0.385. The largest absolute Gasteiger partial charge is 0.419 e. The van der Waals surface area contributed by atoms with Crippen LogP contribution in [0, 0.1) is 0 Å². The maximum Gasteiger partial charge on any atom is 0.419 e. The number of hydrazine groups is 1. The minimum Gasteiger partial charge on any atom is -0.408 e. The van der Waals surface area contributed by atoms with E-state index in [0.717, 1.165) is 24.8 Å². The minimum atomic E-state index is -0.332. The smallest absolute Gasteiger partial charge is 0.408 e. The number of fused-ring (bicyclic) bond motifs is 1. The van der Waals surface area contributed by atoms with Gasteiger partial charge in [0.15, 0.2) is 5.58 Å². The quantitative estimate of drug-likeness (QED) is 0.354. The average molecular weight is 263 g/mol. The molecule has 0 radical (unpaired) electrons. The number of unbranched alkanes of at least 4 members (excludes halogenated alkanes) is 2. The van der Waals surface area contributed by atoms with Crippen molar-refractivity contribution in [3.8, 4) is 0 Å². The molecule has 1 aromatic carbocycles. The molecule has 2 aromatic rings. The van der Waals surface area contributed by atoms with Crippen LogP contribution in [-0.4, -0.2) is 10.5 Å². The van der Waals surface area contributed by atoms with Gasteiger partial charge in [0.05, 0.1) is 5.52 Å². The lowest BCUT2D eigenvalue weighted by atomic mass is 10.2. The average Bonchev–Trinajstić information content (AvgIpc) is 2.74. The number of benzene rings is 1. The van der Waals surface area contributed by atoms with Gasteiger partial charge >= 0.3 is 5.76 Å². The van der Waals surface area contributed by atoms with Gasteiger partial charge in [-0.1, -0.05) is 18.6 Å². The van der Waals surface area contributed by atoms with E-state index in [1.807, 2.05) is 18.2 Å². The lowest BCUT2D eigenvalue weighted by Gasteiger charge is -2.02. The molecule has 0 saturated heterocycles. The van der Waals surface area contributed by atoms with Crippen LogP contribution in [0.3, 0.4) is 0 Å². The summed E-state index contributed by atoms with van der Waals surface area (Å²) in [4.78, 5) is 22.6. The van der Waals surface area contributed by atoms with E-state index in [0.29, 0.717) is 18.5 Å². The van der Waals surface area contributed by atoms with Crippen molar-refractivity contribution in [1.29, 1.82) is 0 Å². The van der Waals surface area contributed by atoms with Crippen LogP contribution in [0.5, 0.6) is 0 Å². The first kappa shape index (κ1) is 13.4. The highest BCUT2D eigenvalue weighted by Crippen LogP contribution is 2.12. The predicted octanol–water partition coefficient (Wildman–Crippen LogP) is 1.14. The number of nitrogens with zero attached hydrogens (tertiary/aromatic N) is 1. The van der Waals surface area contributed by atoms with Gasteiger partial charge in [-0.25, -0.2) is 10.6 Å². The van der Waals surface area contributed by atoms with Crippen LogP contribution in [0.2, 0.25) is 0 Å². The zero-order chi connectivity index (χ0) is 13.7. The summed E-state index contributed by atoms with van der Waals surface area (Å²) < 4.78 is 6.76. The fourth-order valence-electron chi connectivity index (χ4n) is 2.03. The summed E-state index contributed by atoms with van der Waals surface area (Å²) in [5, 5.41) is 0. The lowest BCUT2D eigenvalue weighted by Crippen LogP contribution is -2.29. The first-order valence-electron chi connectivity index (χ1n) is 6.30. The number of aryl methyl sites for hydroxylation is 1. The number of carbonyl (C=O) groups excluding carboxylic acids is 1. The molecule has 1 aromatic heterocycles. The Bertz CT molecular complexity index is 615. The van der Waals surface area contributed by atoms with Crippen molar-refractivity contribution in [3.05, 3.63) is 34.8 Å². The molecule has 19 heavy (non-hydrogen) atoms. The molecule has 3 N–H and O–H groups in total. The molecule has 0 fully saturated rings. The van der Waals surface area contributed by atoms with Crippen LogP contribution in [0.25, 0.3) is 11.1 Å². The van der Waals surface area contributed by atoms with E-state index in [1.54, 1.807) is 10.6 Å². The Morgan fingerprint density at radius 1 is 1.26 bits per heavy atom. The van der Waals surface area contributed by atoms with Crippen molar-refractivity contribution >= 4 is 17.0 Å². The summed E-state index contributed by atoms with van der Waals surface area (Å²) in [6, 6.07) is 7.35. The first-order valence-corrected chi connectivity index (χ1v) is 6.30. The summed E-state index contributed by atoms with van der Waals surface area (Å²) in [7, 11) is 0. The van der Waals surface area contributed by atoms with Gasteiger partial charge < -0.3 is 4.42 Å². The molecule has 0 unspecified atom stereocenters. The molecule has 2 rings (SSSR count). The van der Waals surface area contributed by atoms with Crippen LogP contribution in [0.1, 0.15) is 25.7 Å². The number of nitrogens with one attached hydrogen (secondary N) is 1. The number of hydrogen-bond donors (Lipinski definition) is 2. The zero-order valence-electron chi connectivity index (χ0n) is 10.6. The van der Waals surface area contributed by atoms with E-state index < -0.39 is 0 Å². The van der Waals surface area contributed by atoms with Crippen LogP contribution in [0.15, 0.2) is 33.5 Å². The summed E-state index contributed by atoms with van der Waals surface area (Å²) in [6.45, 7) is 0.597. The molecule has 0 aliphatic rings. The Kier molecular flexibility index (Phi) is 4.35. The summed E-state index contributed by atoms with van der Waals surface area (Å²) in [5.74, 6) is 4.49. The molecule has 0 aliphatic heterocycles. The predicted molar refractivity (Wildman–Crippen MR) is 71.3 cm³/mol. The second kappa shape index (κ2) is 6.19. The number of rotatable bonds is 6. The number of hydrogen-bond acceptors (Lipinski definition) is 4. The van der Waals surface area contributed by atoms with Crippen molar-refractivity contribution < 1.29 is 9.21 Å². The molecular weight excluding hydrogens is 246 g/mol. The van der Waals surface area contributed by atoms with Gasteiger partial charge in [0.25, 0.3) is 0 Å². The van der Waals surface area contributed by atoms with Crippen molar-refractivity contribution in [2.45, 2.75) is 32.2 Å². The van der Waals surface area contributed by atoms with Crippen LogP contribution in [0.4, 0.5) is 0 Å². The molecule has 0 saturated carbocycles. The first-order chi connectivity index (χ1) is 9.22. The summed E-state index contributed by atoms with van der Waals surface area (Å²) >= 11 is 0. The maximum absolute atomic E-state index is 11.7. The van der Waals surface area contributed by atoms with Gasteiger partial charge in [-0.15, -0.1) is 0 Å². The number of nitrogens with two attached hydrogens (primary N) is 1. The SMILES string of the molecule is NNC(=O)CCCCCn1c(=O)oc2ccccc21. The molecule has 1 amide bonds. The minimum absolute atomic E-state index is 0.161. The van der Waals surface area contributed by atoms with E-state index in [9.17, 15) is 9.59 Å². The second-order valence-electron chi connectivity index (χ2n) is 4.37. The van der Waals surface area contributed by atoms with Crippen molar-refractivity contribution in [2.24, 2.45) is 5.84 Å². The van der Waals surface area contributed by atoms with E-state index in [1.165, 1.54) is 0 Å². The third kappa shape index (κ3) is 3.23. The summed E-state index contributed by atoms with van der Waals surface area (Å²) in [5.41, 5.74) is 3.51. The molecule has 102 valence electrons. The van der Waals surface area contributed by atoms with E-state index in [-0.39, 0.29) is 11.7 Å². The van der Waals surface area contributed by atoms with Crippen molar-refractivity contribution in [3.63, 3.8) is 0 Å². The fourth-order valence-corrected chi connectivity index (χ4v) is 2.03. The van der Waals surface area contributed by atoms with E-state index in [4.69, 9.17) is 10.3 Å². The lowest BCUT2D eigenvalue weighted by molar-refractivity contribution is -0.121. The summed E-state index contributed by atoms with van der Waals surface area (Å²) in [6.07, 6.45) is 2.85. The highest BCUT2D eigenvalue weighted by atomic mass is 16.4. The van der Waals surface area contributed by atoms with Gasteiger partial charge in [0.1, 0.15) is 0 Å². The highest BCUT2D eigenvalue weighted by molar-refractivity contribution is 5.75. The number of aromatic nitrogens is 1. The topological polar surface area (TPSA) is 90.3 Å². The van der Waals surface area contributed by atoms with Crippen molar-refractivity contribution in [1.82, 2.24) is 9.99 Å². The molecule has 6 heteroatoms. The Labute approximate surface area is 110 Å². The molecular formula is C13H17N3O3. The van der Waals surface area contributed by atoms with Crippen LogP contribution >= 0.6 is 0 Å². The monoisotopic (exact) mass is 263 g/mol. The Hall–Kier alpha value is -2.08. The standard InChI is InChI=1S/C13H17N3O3/c14-15-12(17)8-2-1-5-9-16-10-6-3-4-7-11(10)19-13(16)18/h3-4,6-7H,1-2,5,8-9,14H2,(H,15,17). The van der Waals surface area contributed by atoms with E-state index >= 15 is 0 Å². The van der Waals surface area contributed by atoms with Crippen LogP contribution in [-0.2, 0) is 11.3 Å². The second-order valence-corrected chi connectivity index (χ2v) is 4.37. The third-order valence-corrected chi connectivity index (χ3v) is 3.02. The number of para-hydroxylation sites is 2. The molecule has 1 heterocycles. The van der Waals surface area contributed by atoms with Gasteiger partial charge in [0, 0.05) is 13.0 Å². The highest BCUT2D eigenvalue weighted by Gasteiger charge is 2.07. The zero-order valence-corrected chi connectivity index (χ0v) is 10.6. The van der Waals surface area contributed by atoms with Gasteiger partial charge in [0.2, 0.25) is 5.91 Å². The maximum atomic E-state index is 11.7. The molecule has 0 spiro atoms. The molecule has 0 aliphatic carbocycles. The third-order valence-electron chi connectivity index (χ3n) is 3.02. The number of oxazole rings is 1. The molecule has 0 bridgehead atoms. The Morgan fingerprint density at radius 2 is 2.05 bits per heavy atom. The van der Waals surface area contributed by atoms with Crippen LogP contribution < -0.4 is 17.0 Å². The Balaban J connectivity index is 1.90. The van der Waals surface area contributed by atoms with Gasteiger partial charge in [-0.05, 0) is 25.0 Å².